The summed E-state index contributed by atoms with van der Waals surface area (Å²) in [5.74, 6) is 0.0518. The molecule has 3 heteroatoms. The monoisotopic (exact) mass is 356 g/mol. The van der Waals surface area contributed by atoms with E-state index in [2.05, 4.69) is 12.1 Å². The Morgan fingerprint density at radius 1 is 0.778 bits per heavy atom. The Hall–Kier alpha value is -3.43. The van der Waals surface area contributed by atoms with Crippen LogP contribution in [0.3, 0.4) is 0 Å². The number of hydrogen-bond acceptors (Lipinski definition) is 3. The molecule has 1 saturated carbocycles. The minimum atomic E-state index is 0. The van der Waals surface area contributed by atoms with Gasteiger partial charge in [-0.15, -0.1) is 0 Å². The molecule has 0 amide bonds. The molecule has 0 aromatic heterocycles. The molecular weight excluding hydrogens is 332 g/mol. The molecule has 1 fully saturated rings. The van der Waals surface area contributed by atoms with Crippen molar-refractivity contribution in [3.8, 4) is 12.1 Å². The van der Waals surface area contributed by atoms with E-state index in [-0.39, 0.29) is 20.6 Å². The molecule has 27 heavy (non-hydrogen) atoms. The molecule has 2 aromatic rings. The van der Waals surface area contributed by atoms with E-state index in [0.717, 1.165) is 41.5 Å². The van der Waals surface area contributed by atoms with Crippen LogP contribution in [0.25, 0.3) is 12.2 Å². The zero-order chi connectivity index (χ0) is 17.6. The highest BCUT2D eigenvalue weighted by atomic mass is 16.1. The third kappa shape index (κ3) is 5.27. The standard InChI is InChI=1S/C22H16N2O.2CH4/c23-14-18-6-1-4-16(10-18)12-20-8-3-9-21(22(20)25)13-17-5-2-7-19(11-17)15-24;;/h1-2,4-7,10-13H,3,8-9H2;2*1H4/b20-12+,21-13+;;. The van der Waals surface area contributed by atoms with Gasteiger partial charge in [0, 0.05) is 11.1 Å². The molecule has 3 rings (SSSR count). The minimum Gasteiger partial charge on any atom is -0.289 e. The van der Waals surface area contributed by atoms with Gasteiger partial charge in [0.15, 0.2) is 5.78 Å². The number of nitriles is 2. The smallest absolute Gasteiger partial charge is 0.185 e. The van der Waals surface area contributed by atoms with E-state index in [4.69, 9.17) is 10.5 Å². The molecule has 0 unspecified atom stereocenters. The summed E-state index contributed by atoms with van der Waals surface area (Å²) in [5, 5.41) is 18.0. The molecule has 0 saturated heterocycles. The fraction of sp³-hybridized carbons (Fsp3) is 0.208. The van der Waals surface area contributed by atoms with Crippen LogP contribution in [-0.2, 0) is 4.79 Å². The van der Waals surface area contributed by atoms with Crippen LogP contribution in [0, 0.1) is 22.7 Å². The van der Waals surface area contributed by atoms with Gasteiger partial charge in [0.05, 0.1) is 23.3 Å². The van der Waals surface area contributed by atoms with Crippen LogP contribution in [0.15, 0.2) is 59.7 Å². The lowest BCUT2D eigenvalue weighted by molar-refractivity contribution is -0.112. The van der Waals surface area contributed by atoms with E-state index in [1.165, 1.54) is 0 Å². The summed E-state index contributed by atoms with van der Waals surface area (Å²) in [4.78, 5) is 12.8. The summed E-state index contributed by atoms with van der Waals surface area (Å²) < 4.78 is 0. The highest BCUT2D eigenvalue weighted by Crippen LogP contribution is 2.28. The number of Topliss-reactive ketones (excluding diaryl/α,β-unsaturated/α-hetero) is 1. The number of carbonyl (C=O) groups is 1. The van der Waals surface area contributed by atoms with Crippen LogP contribution >= 0.6 is 0 Å². The first-order valence-electron chi connectivity index (χ1n) is 8.16. The summed E-state index contributed by atoms with van der Waals surface area (Å²) in [5.41, 5.74) is 4.45. The molecule has 2 aromatic carbocycles. The van der Waals surface area contributed by atoms with E-state index >= 15 is 0 Å². The minimum absolute atomic E-state index is 0. The quantitative estimate of drug-likeness (QED) is 0.627. The Kier molecular flexibility index (Phi) is 7.92. The second-order valence-electron chi connectivity index (χ2n) is 6.00. The summed E-state index contributed by atoms with van der Waals surface area (Å²) in [7, 11) is 0. The maximum atomic E-state index is 12.8. The Morgan fingerprint density at radius 2 is 1.22 bits per heavy atom. The van der Waals surface area contributed by atoms with Gasteiger partial charge in [0.1, 0.15) is 0 Å². The van der Waals surface area contributed by atoms with E-state index in [9.17, 15) is 4.79 Å². The second-order valence-corrected chi connectivity index (χ2v) is 6.00. The van der Waals surface area contributed by atoms with Gasteiger partial charge in [-0.3, -0.25) is 4.79 Å². The Balaban J connectivity index is 0.00000182. The summed E-state index contributed by atoms with van der Waals surface area (Å²) in [6.45, 7) is 0. The van der Waals surface area contributed by atoms with Crippen molar-refractivity contribution in [1.29, 1.82) is 10.5 Å². The Bertz CT molecular complexity index is 891. The van der Waals surface area contributed by atoms with Gasteiger partial charge in [-0.05, 0) is 66.8 Å². The SMILES string of the molecule is C.C.N#Cc1cccc(/C=C2\CCC/C(=C\c3cccc(C#N)c3)C2=O)c1. The number of benzene rings is 2. The third-order valence-corrected chi connectivity index (χ3v) is 4.19. The fourth-order valence-electron chi connectivity index (χ4n) is 2.98. The molecular formula is C24H24N2O. The van der Waals surface area contributed by atoms with E-state index in [0.29, 0.717) is 11.1 Å². The lowest BCUT2D eigenvalue weighted by Gasteiger charge is -2.16. The summed E-state index contributed by atoms with van der Waals surface area (Å²) >= 11 is 0. The van der Waals surface area contributed by atoms with Crippen molar-refractivity contribution in [2.45, 2.75) is 34.1 Å². The summed E-state index contributed by atoms with van der Waals surface area (Å²) in [6.07, 6.45) is 6.15. The first kappa shape index (κ1) is 21.6. The van der Waals surface area contributed by atoms with Gasteiger partial charge in [-0.1, -0.05) is 39.1 Å². The largest absolute Gasteiger partial charge is 0.289 e. The molecule has 0 spiro atoms. The van der Waals surface area contributed by atoms with Crippen LogP contribution in [0.1, 0.15) is 56.4 Å². The van der Waals surface area contributed by atoms with Crippen molar-refractivity contribution in [2.24, 2.45) is 0 Å². The predicted octanol–water partition coefficient (Wildman–Crippen LogP) is 5.92. The van der Waals surface area contributed by atoms with Crippen molar-refractivity contribution in [2.75, 3.05) is 0 Å². The number of carbonyl (C=O) groups excluding carboxylic acids is 1. The number of nitrogens with zero attached hydrogens (tertiary/aromatic N) is 2. The van der Waals surface area contributed by atoms with Crippen molar-refractivity contribution < 1.29 is 4.79 Å². The van der Waals surface area contributed by atoms with Crippen molar-refractivity contribution in [3.05, 3.63) is 81.9 Å². The average molecular weight is 356 g/mol. The van der Waals surface area contributed by atoms with Crippen molar-refractivity contribution in [3.63, 3.8) is 0 Å². The van der Waals surface area contributed by atoms with Gasteiger partial charge in [-0.2, -0.15) is 10.5 Å². The molecule has 3 nitrogen and oxygen atoms in total. The van der Waals surface area contributed by atoms with Crippen molar-refractivity contribution >= 4 is 17.9 Å². The maximum absolute atomic E-state index is 12.8. The fourth-order valence-corrected chi connectivity index (χ4v) is 2.98. The van der Waals surface area contributed by atoms with Crippen LogP contribution in [0.2, 0.25) is 0 Å². The van der Waals surface area contributed by atoms with Gasteiger partial charge in [-0.25, -0.2) is 0 Å². The number of allylic oxidation sites excluding steroid dienone is 2. The van der Waals surface area contributed by atoms with Crippen LogP contribution in [-0.4, -0.2) is 5.78 Å². The highest BCUT2D eigenvalue weighted by molar-refractivity contribution is 6.14. The normalized spacial score (nSPS) is 16.0. The Morgan fingerprint density at radius 3 is 1.63 bits per heavy atom. The van der Waals surface area contributed by atoms with Crippen LogP contribution in [0.5, 0.6) is 0 Å². The second kappa shape index (κ2) is 9.90. The molecule has 1 aliphatic carbocycles. The van der Waals surface area contributed by atoms with Crippen molar-refractivity contribution in [1.82, 2.24) is 0 Å². The molecule has 1 aliphatic rings. The molecule has 0 aliphatic heterocycles. The third-order valence-electron chi connectivity index (χ3n) is 4.19. The van der Waals surface area contributed by atoms with E-state index in [1.807, 2.05) is 36.4 Å². The Labute approximate surface area is 161 Å². The van der Waals surface area contributed by atoms with E-state index in [1.54, 1.807) is 24.3 Å². The maximum Gasteiger partial charge on any atom is 0.185 e. The van der Waals surface area contributed by atoms with Gasteiger partial charge in [0.25, 0.3) is 0 Å². The highest BCUT2D eigenvalue weighted by Gasteiger charge is 2.20. The molecule has 0 heterocycles. The molecule has 136 valence electrons. The molecule has 0 bridgehead atoms. The lowest BCUT2D eigenvalue weighted by atomic mass is 9.86. The van der Waals surface area contributed by atoms with Crippen LogP contribution in [0.4, 0.5) is 0 Å². The lowest BCUT2D eigenvalue weighted by Crippen LogP contribution is -2.12. The molecule has 0 atom stereocenters. The predicted molar refractivity (Wildman–Crippen MR) is 111 cm³/mol. The number of ketones is 1. The number of hydrogen-bond donors (Lipinski definition) is 0. The van der Waals surface area contributed by atoms with Gasteiger partial charge >= 0.3 is 0 Å². The number of rotatable bonds is 2. The van der Waals surface area contributed by atoms with Gasteiger partial charge < -0.3 is 0 Å². The summed E-state index contributed by atoms with van der Waals surface area (Å²) in [6, 6.07) is 18.7. The van der Waals surface area contributed by atoms with Gasteiger partial charge in [0.2, 0.25) is 0 Å². The first-order valence-corrected chi connectivity index (χ1v) is 8.16. The van der Waals surface area contributed by atoms with Crippen LogP contribution < -0.4 is 0 Å². The zero-order valence-electron chi connectivity index (χ0n) is 13.7. The molecule has 0 radical (unpaired) electrons. The van der Waals surface area contributed by atoms with E-state index < -0.39 is 0 Å². The molecule has 0 N–H and O–H groups in total. The average Bonchev–Trinajstić information content (AvgIpc) is 2.65. The topological polar surface area (TPSA) is 64.7 Å². The first-order chi connectivity index (χ1) is 12.2. The zero-order valence-corrected chi connectivity index (χ0v) is 13.7.